The van der Waals surface area contributed by atoms with E-state index in [9.17, 15) is 9.90 Å². The number of nitrogens with zero attached hydrogens (tertiary/aromatic N) is 1. The maximum absolute atomic E-state index is 10.5. The van der Waals surface area contributed by atoms with Crippen LogP contribution in [-0.4, -0.2) is 49.1 Å². The minimum absolute atomic E-state index is 0.432. The molecule has 3 N–H and O–H groups in total. The zero-order chi connectivity index (χ0) is 14.5. The lowest BCUT2D eigenvalue weighted by Gasteiger charge is -2.32. The Morgan fingerprint density at radius 2 is 2.20 bits per heavy atom. The molecule has 1 aromatic carbocycles. The van der Waals surface area contributed by atoms with Crippen molar-refractivity contribution in [1.82, 2.24) is 4.90 Å². The van der Waals surface area contributed by atoms with Gasteiger partial charge in [-0.3, -0.25) is 0 Å². The van der Waals surface area contributed by atoms with E-state index in [2.05, 4.69) is 11.0 Å². The molecular weight excluding hydrogens is 256 g/mol. The molecule has 0 saturated carbocycles. The standard InChI is InChI=1S/C15H22N2O3/c1-20-15-8-12(2-3-14(15)16)11-4-6-17(7-5-11)9-13(19)10-18/h2-3,8,10-11,13,19H,4-7,9,16H2,1H3/t13-/m1/s1. The van der Waals surface area contributed by atoms with Gasteiger partial charge in [0.25, 0.3) is 0 Å². The first-order valence-electron chi connectivity index (χ1n) is 6.93. The molecule has 2 rings (SSSR count). The maximum Gasteiger partial charge on any atom is 0.149 e. The van der Waals surface area contributed by atoms with Crippen molar-refractivity contribution >= 4 is 12.0 Å². The van der Waals surface area contributed by atoms with Gasteiger partial charge in [-0.15, -0.1) is 0 Å². The molecule has 1 fully saturated rings. The summed E-state index contributed by atoms with van der Waals surface area (Å²) in [6.07, 6.45) is 1.75. The Morgan fingerprint density at radius 3 is 2.80 bits per heavy atom. The smallest absolute Gasteiger partial charge is 0.149 e. The van der Waals surface area contributed by atoms with Crippen molar-refractivity contribution in [3.05, 3.63) is 23.8 Å². The van der Waals surface area contributed by atoms with Crippen molar-refractivity contribution in [1.29, 1.82) is 0 Å². The number of carbonyl (C=O) groups is 1. The zero-order valence-electron chi connectivity index (χ0n) is 11.8. The molecule has 110 valence electrons. The second kappa shape index (κ2) is 6.72. The maximum atomic E-state index is 10.5. The summed E-state index contributed by atoms with van der Waals surface area (Å²) in [7, 11) is 1.62. The third-order valence-electron chi connectivity index (χ3n) is 3.92. The van der Waals surface area contributed by atoms with Crippen LogP contribution in [0.1, 0.15) is 24.3 Å². The molecule has 0 bridgehead atoms. The van der Waals surface area contributed by atoms with Crippen LogP contribution in [0.4, 0.5) is 5.69 Å². The number of nitrogen functional groups attached to an aromatic ring is 1. The molecule has 1 aromatic rings. The van der Waals surface area contributed by atoms with Crippen LogP contribution < -0.4 is 10.5 Å². The fourth-order valence-electron chi connectivity index (χ4n) is 2.74. The number of benzene rings is 1. The fraction of sp³-hybridized carbons (Fsp3) is 0.533. The van der Waals surface area contributed by atoms with Crippen molar-refractivity contribution in [3.8, 4) is 5.75 Å². The van der Waals surface area contributed by atoms with Crippen molar-refractivity contribution < 1.29 is 14.6 Å². The van der Waals surface area contributed by atoms with E-state index in [0.717, 1.165) is 31.7 Å². The number of aliphatic hydroxyl groups excluding tert-OH is 1. The van der Waals surface area contributed by atoms with Crippen LogP contribution in [0.3, 0.4) is 0 Å². The average Bonchev–Trinajstić information content (AvgIpc) is 2.48. The molecule has 0 radical (unpaired) electrons. The van der Waals surface area contributed by atoms with E-state index < -0.39 is 6.10 Å². The number of rotatable bonds is 5. The number of carbonyl (C=O) groups excluding carboxylic acids is 1. The predicted molar refractivity (Wildman–Crippen MR) is 77.9 cm³/mol. The highest BCUT2D eigenvalue weighted by atomic mass is 16.5. The summed E-state index contributed by atoms with van der Waals surface area (Å²) in [5.41, 5.74) is 7.73. The molecule has 0 spiro atoms. The molecule has 5 heteroatoms. The van der Waals surface area contributed by atoms with Gasteiger partial charge in [-0.05, 0) is 49.5 Å². The van der Waals surface area contributed by atoms with E-state index >= 15 is 0 Å². The Hall–Kier alpha value is -1.59. The summed E-state index contributed by atoms with van der Waals surface area (Å²) in [6, 6.07) is 5.95. The number of anilines is 1. The molecule has 1 atom stereocenters. The highest BCUT2D eigenvalue weighted by molar-refractivity contribution is 5.56. The largest absolute Gasteiger partial charge is 0.495 e. The number of hydrogen-bond acceptors (Lipinski definition) is 5. The number of nitrogens with two attached hydrogens (primary N) is 1. The minimum atomic E-state index is -0.872. The molecular formula is C15H22N2O3. The van der Waals surface area contributed by atoms with E-state index in [0.29, 0.717) is 24.4 Å². The number of β-amino-alcohol motifs (C(OH)–C–C–N with tert-alkyl or cyclic N) is 1. The number of hydrogen-bond donors (Lipinski definition) is 2. The summed E-state index contributed by atoms with van der Waals surface area (Å²) in [6.45, 7) is 2.21. The third-order valence-corrected chi connectivity index (χ3v) is 3.92. The first-order valence-corrected chi connectivity index (χ1v) is 6.93. The summed E-state index contributed by atoms with van der Waals surface area (Å²) >= 11 is 0. The lowest BCUT2D eigenvalue weighted by atomic mass is 9.89. The zero-order valence-corrected chi connectivity index (χ0v) is 11.8. The second-order valence-corrected chi connectivity index (χ2v) is 5.28. The van der Waals surface area contributed by atoms with Gasteiger partial charge in [-0.2, -0.15) is 0 Å². The Kier molecular flexibility index (Phi) is 4.98. The number of aliphatic hydroxyl groups is 1. The molecule has 0 unspecified atom stereocenters. The van der Waals surface area contributed by atoms with Gasteiger partial charge in [0.1, 0.15) is 18.1 Å². The number of ether oxygens (including phenoxy) is 1. The van der Waals surface area contributed by atoms with Gasteiger partial charge in [-0.25, -0.2) is 0 Å². The van der Waals surface area contributed by atoms with E-state index in [1.807, 2.05) is 12.1 Å². The van der Waals surface area contributed by atoms with Crippen LogP contribution in [0.15, 0.2) is 18.2 Å². The van der Waals surface area contributed by atoms with Crippen molar-refractivity contribution in [2.75, 3.05) is 32.5 Å². The lowest BCUT2D eigenvalue weighted by molar-refractivity contribution is -0.115. The Labute approximate surface area is 119 Å². The van der Waals surface area contributed by atoms with Gasteiger partial charge in [0.2, 0.25) is 0 Å². The van der Waals surface area contributed by atoms with Crippen LogP contribution in [0.5, 0.6) is 5.75 Å². The van der Waals surface area contributed by atoms with Gasteiger partial charge < -0.3 is 25.3 Å². The first kappa shape index (κ1) is 14.8. The summed E-state index contributed by atoms with van der Waals surface area (Å²) in [5.74, 6) is 1.20. The molecule has 0 amide bonds. The van der Waals surface area contributed by atoms with E-state index in [1.165, 1.54) is 5.56 Å². The highest BCUT2D eigenvalue weighted by Crippen LogP contribution is 2.32. The number of aldehydes is 1. The van der Waals surface area contributed by atoms with Crippen LogP contribution in [0.25, 0.3) is 0 Å². The molecule has 1 saturated heterocycles. The van der Waals surface area contributed by atoms with Gasteiger partial charge in [-0.1, -0.05) is 6.07 Å². The van der Waals surface area contributed by atoms with Gasteiger partial charge in [0, 0.05) is 6.54 Å². The number of piperidine rings is 1. The average molecular weight is 278 g/mol. The Bertz CT molecular complexity index is 456. The SMILES string of the molecule is COc1cc(C2CCN(C[C@@H](O)C=O)CC2)ccc1N. The molecule has 0 aliphatic carbocycles. The fourth-order valence-corrected chi connectivity index (χ4v) is 2.74. The van der Waals surface area contributed by atoms with Gasteiger partial charge in [0.15, 0.2) is 0 Å². The first-order chi connectivity index (χ1) is 9.63. The predicted octanol–water partition coefficient (Wildman–Crippen LogP) is 1.02. The summed E-state index contributed by atoms with van der Waals surface area (Å²) < 4.78 is 5.26. The molecule has 1 aliphatic heterocycles. The monoisotopic (exact) mass is 278 g/mol. The van der Waals surface area contributed by atoms with Crippen molar-refractivity contribution in [2.45, 2.75) is 24.9 Å². The molecule has 20 heavy (non-hydrogen) atoms. The van der Waals surface area contributed by atoms with E-state index in [1.54, 1.807) is 7.11 Å². The molecule has 1 aliphatic rings. The molecule has 0 aromatic heterocycles. The quantitative estimate of drug-likeness (QED) is 0.621. The normalized spacial score (nSPS) is 18.7. The topological polar surface area (TPSA) is 75.8 Å². The Balaban J connectivity index is 1.95. The minimum Gasteiger partial charge on any atom is -0.495 e. The van der Waals surface area contributed by atoms with Crippen LogP contribution in [0.2, 0.25) is 0 Å². The van der Waals surface area contributed by atoms with Gasteiger partial charge >= 0.3 is 0 Å². The summed E-state index contributed by atoms with van der Waals surface area (Å²) in [4.78, 5) is 12.6. The summed E-state index contributed by atoms with van der Waals surface area (Å²) in [5, 5.41) is 9.35. The van der Waals surface area contributed by atoms with Crippen molar-refractivity contribution in [3.63, 3.8) is 0 Å². The number of likely N-dealkylation sites (tertiary alicyclic amines) is 1. The molecule has 1 heterocycles. The second-order valence-electron chi connectivity index (χ2n) is 5.28. The third kappa shape index (κ3) is 3.49. The van der Waals surface area contributed by atoms with E-state index in [4.69, 9.17) is 10.5 Å². The van der Waals surface area contributed by atoms with Crippen LogP contribution in [0, 0.1) is 0 Å². The van der Waals surface area contributed by atoms with Crippen LogP contribution in [-0.2, 0) is 4.79 Å². The van der Waals surface area contributed by atoms with Crippen LogP contribution >= 0.6 is 0 Å². The van der Waals surface area contributed by atoms with Crippen molar-refractivity contribution in [2.24, 2.45) is 0 Å². The lowest BCUT2D eigenvalue weighted by Crippen LogP contribution is -2.38. The highest BCUT2D eigenvalue weighted by Gasteiger charge is 2.22. The molecule has 5 nitrogen and oxygen atoms in total. The Morgan fingerprint density at radius 1 is 1.50 bits per heavy atom. The number of methoxy groups -OCH3 is 1. The van der Waals surface area contributed by atoms with E-state index in [-0.39, 0.29) is 0 Å². The van der Waals surface area contributed by atoms with Gasteiger partial charge in [0.05, 0.1) is 12.8 Å².